The molecule has 0 fully saturated rings. The second kappa shape index (κ2) is 6.02. The summed E-state index contributed by atoms with van der Waals surface area (Å²) >= 11 is 0. The number of amides is 2. The lowest BCUT2D eigenvalue weighted by Crippen LogP contribution is -2.34. The summed E-state index contributed by atoms with van der Waals surface area (Å²) in [6.07, 6.45) is 0.765. The van der Waals surface area contributed by atoms with E-state index in [1.165, 1.54) is 5.56 Å². The summed E-state index contributed by atoms with van der Waals surface area (Å²) in [6.45, 7) is 2.51. The number of carbonyl (C=O) groups excluding carboxylic acids is 2. The minimum absolute atomic E-state index is 0.0919. The number of nitrogens with zero attached hydrogens (tertiary/aromatic N) is 1. The van der Waals surface area contributed by atoms with Gasteiger partial charge in [0.25, 0.3) is 5.91 Å². The van der Waals surface area contributed by atoms with Gasteiger partial charge in [0, 0.05) is 6.54 Å². The molecule has 4 nitrogen and oxygen atoms in total. The third-order valence-corrected chi connectivity index (χ3v) is 3.84. The molecule has 1 aliphatic rings. The summed E-state index contributed by atoms with van der Waals surface area (Å²) < 4.78 is 0. The van der Waals surface area contributed by atoms with Gasteiger partial charge in [-0.2, -0.15) is 0 Å². The van der Waals surface area contributed by atoms with Crippen LogP contribution in [0.3, 0.4) is 0 Å². The lowest BCUT2D eigenvalue weighted by molar-refractivity contribution is -0.116. The van der Waals surface area contributed by atoms with Crippen LogP contribution in [-0.4, -0.2) is 29.8 Å². The van der Waals surface area contributed by atoms with Crippen molar-refractivity contribution in [2.75, 3.05) is 18.4 Å². The molecule has 0 spiro atoms. The Morgan fingerprint density at radius 3 is 2.55 bits per heavy atom. The van der Waals surface area contributed by atoms with Crippen molar-refractivity contribution in [2.45, 2.75) is 13.3 Å². The number of likely N-dealkylation sites (N-methyl/N-ethyl adjacent to an activating group) is 1. The van der Waals surface area contributed by atoms with E-state index in [4.69, 9.17) is 0 Å². The normalized spacial score (nSPS) is 14.3. The van der Waals surface area contributed by atoms with Gasteiger partial charge in [-0.05, 0) is 36.6 Å². The van der Waals surface area contributed by atoms with Gasteiger partial charge in [-0.15, -0.1) is 0 Å². The fraction of sp³-hybridized carbons (Fsp3) is 0.222. The van der Waals surface area contributed by atoms with Crippen molar-refractivity contribution < 1.29 is 9.59 Å². The van der Waals surface area contributed by atoms with Crippen LogP contribution in [0.15, 0.2) is 48.5 Å². The molecule has 0 saturated heterocycles. The first-order valence-electron chi connectivity index (χ1n) is 7.43. The highest BCUT2D eigenvalue weighted by molar-refractivity contribution is 6.08. The fourth-order valence-corrected chi connectivity index (χ4v) is 2.68. The maximum absolute atomic E-state index is 12.6. The van der Waals surface area contributed by atoms with Crippen LogP contribution in [-0.2, 0) is 11.2 Å². The van der Waals surface area contributed by atoms with E-state index in [0.717, 1.165) is 12.0 Å². The van der Waals surface area contributed by atoms with Crippen molar-refractivity contribution in [3.8, 4) is 0 Å². The molecule has 0 atom stereocenters. The smallest absolute Gasteiger partial charge is 0.256 e. The Balaban J connectivity index is 1.95. The van der Waals surface area contributed by atoms with Crippen molar-refractivity contribution >= 4 is 17.5 Å². The number of hydrogen-bond acceptors (Lipinski definition) is 2. The molecule has 22 heavy (non-hydrogen) atoms. The van der Waals surface area contributed by atoms with Crippen molar-refractivity contribution in [3.05, 3.63) is 65.2 Å². The van der Waals surface area contributed by atoms with E-state index >= 15 is 0 Å². The van der Waals surface area contributed by atoms with Crippen LogP contribution < -0.4 is 5.32 Å². The lowest BCUT2D eigenvalue weighted by atomic mass is 10.0. The molecule has 1 aliphatic heterocycles. The van der Waals surface area contributed by atoms with Crippen LogP contribution >= 0.6 is 0 Å². The Bertz CT molecular complexity index is 710. The van der Waals surface area contributed by atoms with Crippen molar-refractivity contribution in [1.82, 2.24) is 4.90 Å². The number of hydrogen-bond donors (Lipinski definition) is 1. The molecule has 1 heterocycles. The van der Waals surface area contributed by atoms with Crippen molar-refractivity contribution in [3.63, 3.8) is 0 Å². The highest BCUT2D eigenvalue weighted by Crippen LogP contribution is 2.23. The average Bonchev–Trinajstić information content (AvgIpc) is 2.65. The molecule has 0 aliphatic carbocycles. The third-order valence-electron chi connectivity index (χ3n) is 3.84. The average molecular weight is 294 g/mol. The van der Waals surface area contributed by atoms with Crippen molar-refractivity contribution in [2.24, 2.45) is 0 Å². The minimum Gasteiger partial charge on any atom is -0.330 e. The zero-order valence-corrected chi connectivity index (χ0v) is 12.5. The molecule has 0 bridgehead atoms. The van der Waals surface area contributed by atoms with Gasteiger partial charge in [-0.25, -0.2) is 0 Å². The van der Waals surface area contributed by atoms with Crippen LogP contribution in [0.1, 0.15) is 28.4 Å². The SMILES string of the molecule is CCN1CC(=O)Nc2ccc(Cc3ccccc3)cc2C1=O. The second-order valence-electron chi connectivity index (χ2n) is 5.41. The molecule has 0 unspecified atom stereocenters. The maximum atomic E-state index is 12.6. The molecule has 2 aromatic carbocycles. The second-order valence-corrected chi connectivity index (χ2v) is 5.41. The maximum Gasteiger partial charge on any atom is 0.256 e. The lowest BCUT2D eigenvalue weighted by Gasteiger charge is -2.17. The molecule has 0 saturated carbocycles. The Morgan fingerprint density at radius 2 is 1.82 bits per heavy atom. The molecule has 112 valence electrons. The van der Waals surface area contributed by atoms with Gasteiger partial charge in [-0.1, -0.05) is 36.4 Å². The van der Waals surface area contributed by atoms with Gasteiger partial charge in [-0.3, -0.25) is 9.59 Å². The largest absolute Gasteiger partial charge is 0.330 e. The Labute approximate surface area is 129 Å². The summed E-state index contributed by atoms with van der Waals surface area (Å²) in [7, 11) is 0. The van der Waals surface area contributed by atoms with Gasteiger partial charge < -0.3 is 10.2 Å². The Kier molecular flexibility index (Phi) is 3.92. The van der Waals surface area contributed by atoms with Crippen LogP contribution in [0.5, 0.6) is 0 Å². The molecule has 2 aromatic rings. The summed E-state index contributed by atoms with van der Waals surface area (Å²) in [5.74, 6) is -0.240. The first-order chi connectivity index (χ1) is 10.7. The van der Waals surface area contributed by atoms with E-state index in [1.807, 2.05) is 43.3 Å². The van der Waals surface area contributed by atoms with E-state index in [0.29, 0.717) is 17.8 Å². The Hall–Kier alpha value is -2.62. The monoisotopic (exact) mass is 294 g/mol. The van der Waals surface area contributed by atoms with Crippen LogP contribution in [0.4, 0.5) is 5.69 Å². The first-order valence-corrected chi connectivity index (χ1v) is 7.43. The zero-order valence-electron chi connectivity index (χ0n) is 12.5. The number of nitrogens with one attached hydrogen (secondary N) is 1. The molecule has 3 rings (SSSR count). The van der Waals surface area contributed by atoms with E-state index in [1.54, 1.807) is 4.90 Å². The highest BCUT2D eigenvalue weighted by atomic mass is 16.2. The van der Waals surface area contributed by atoms with Crippen LogP contribution in [0, 0.1) is 0 Å². The zero-order chi connectivity index (χ0) is 15.5. The molecule has 0 aromatic heterocycles. The standard InChI is InChI=1S/C18H18N2O2/c1-2-20-12-17(21)19-16-9-8-14(11-15(16)18(20)22)10-13-6-4-3-5-7-13/h3-9,11H,2,10,12H2,1H3,(H,19,21). The van der Waals surface area contributed by atoms with E-state index in [2.05, 4.69) is 17.4 Å². The highest BCUT2D eigenvalue weighted by Gasteiger charge is 2.25. The van der Waals surface area contributed by atoms with E-state index < -0.39 is 0 Å². The first kappa shape index (κ1) is 14.3. The van der Waals surface area contributed by atoms with Crippen LogP contribution in [0.25, 0.3) is 0 Å². The molecule has 0 radical (unpaired) electrons. The molecule has 1 N–H and O–H groups in total. The van der Waals surface area contributed by atoms with Gasteiger partial charge in [0.2, 0.25) is 5.91 Å². The number of anilines is 1. The predicted molar refractivity (Wildman–Crippen MR) is 85.9 cm³/mol. The van der Waals surface area contributed by atoms with Gasteiger partial charge in [0.05, 0.1) is 11.3 Å². The number of benzene rings is 2. The topological polar surface area (TPSA) is 49.4 Å². The summed E-state index contributed by atoms with van der Waals surface area (Å²) in [5.41, 5.74) is 3.43. The number of rotatable bonds is 3. The van der Waals surface area contributed by atoms with Gasteiger partial charge in [0.1, 0.15) is 6.54 Å². The quantitative estimate of drug-likeness (QED) is 0.946. The number of fused-ring (bicyclic) bond motifs is 1. The summed E-state index contributed by atoms with van der Waals surface area (Å²) in [6, 6.07) is 15.8. The Morgan fingerprint density at radius 1 is 1.05 bits per heavy atom. The van der Waals surface area contributed by atoms with Gasteiger partial charge >= 0.3 is 0 Å². The van der Waals surface area contributed by atoms with Crippen LogP contribution in [0.2, 0.25) is 0 Å². The summed E-state index contributed by atoms with van der Waals surface area (Å²) in [5, 5.41) is 2.81. The minimum atomic E-state index is -0.148. The third kappa shape index (κ3) is 2.86. The fourth-order valence-electron chi connectivity index (χ4n) is 2.68. The molecular weight excluding hydrogens is 276 g/mol. The van der Waals surface area contributed by atoms with E-state index in [-0.39, 0.29) is 18.4 Å². The summed E-state index contributed by atoms with van der Waals surface area (Å²) in [4.78, 5) is 25.9. The molecular formula is C18H18N2O2. The predicted octanol–water partition coefficient (Wildman–Crippen LogP) is 2.69. The molecule has 4 heteroatoms. The van der Waals surface area contributed by atoms with Crippen molar-refractivity contribution in [1.29, 1.82) is 0 Å². The number of carbonyl (C=O) groups is 2. The van der Waals surface area contributed by atoms with Gasteiger partial charge in [0.15, 0.2) is 0 Å². The van der Waals surface area contributed by atoms with E-state index in [9.17, 15) is 9.59 Å². The molecule has 2 amide bonds.